The van der Waals surface area contributed by atoms with Gasteiger partial charge in [-0.2, -0.15) is 0 Å². The second kappa shape index (κ2) is 9.54. The number of nitrogens with zero attached hydrogens (tertiary/aromatic N) is 1. The molecule has 0 heterocycles. The number of hydrogen-bond donors (Lipinski definition) is 1. The summed E-state index contributed by atoms with van der Waals surface area (Å²) in [4.78, 5) is 2.43. The van der Waals surface area contributed by atoms with Gasteiger partial charge in [-0.1, -0.05) is 54.9 Å². The molecule has 1 aromatic carbocycles. The molecule has 114 valence electrons. The Morgan fingerprint density at radius 1 is 1.25 bits per heavy atom. The van der Waals surface area contributed by atoms with Crippen LogP contribution in [0.5, 0.6) is 0 Å². The lowest BCUT2D eigenvalue weighted by atomic mass is 10.0. The molecule has 0 aliphatic carbocycles. The van der Waals surface area contributed by atoms with Crippen LogP contribution < -0.4 is 5.32 Å². The van der Waals surface area contributed by atoms with Gasteiger partial charge in [0.2, 0.25) is 0 Å². The van der Waals surface area contributed by atoms with Crippen LogP contribution in [0.2, 0.25) is 0 Å². The van der Waals surface area contributed by atoms with Gasteiger partial charge in [0.05, 0.1) is 0 Å². The first kappa shape index (κ1) is 17.7. The molecule has 0 amide bonds. The van der Waals surface area contributed by atoms with E-state index < -0.39 is 0 Å². The van der Waals surface area contributed by atoms with E-state index in [4.69, 9.17) is 0 Å². The molecule has 1 rings (SSSR count). The van der Waals surface area contributed by atoms with Gasteiger partial charge in [0.1, 0.15) is 0 Å². The molecular weight excluding hydrogens is 312 g/mol. The average molecular weight is 341 g/mol. The van der Waals surface area contributed by atoms with E-state index in [9.17, 15) is 0 Å². The molecule has 1 aromatic rings. The first-order valence-electron chi connectivity index (χ1n) is 7.71. The molecule has 20 heavy (non-hydrogen) atoms. The van der Waals surface area contributed by atoms with Crippen LogP contribution in [-0.4, -0.2) is 31.6 Å². The Hall–Kier alpha value is -0.380. The minimum absolute atomic E-state index is 0.431. The molecule has 0 aliphatic heterocycles. The third-order valence-electron chi connectivity index (χ3n) is 3.40. The largest absolute Gasteiger partial charge is 0.310 e. The molecule has 0 radical (unpaired) electrons. The van der Waals surface area contributed by atoms with Crippen LogP contribution in [0.25, 0.3) is 0 Å². The molecule has 3 heteroatoms. The van der Waals surface area contributed by atoms with Crippen molar-refractivity contribution < 1.29 is 0 Å². The summed E-state index contributed by atoms with van der Waals surface area (Å²) in [5, 5.41) is 3.68. The average Bonchev–Trinajstić information content (AvgIpc) is 2.39. The molecule has 0 aliphatic rings. The lowest BCUT2D eigenvalue weighted by Gasteiger charge is -2.24. The molecule has 0 saturated carbocycles. The summed E-state index contributed by atoms with van der Waals surface area (Å²) < 4.78 is 1.21. The number of halogens is 1. The fourth-order valence-electron chi connectivity index (χ4n) is 2.51. The molecule has 1 N–H and O–H groups in total. The zero-order chi connectivity index (χ0) is 15.0. The van der Waals surface area contributed by atoms with Crippen molar-refractivity contribution in [3.05, 3.63) is 34.3 Å². The highest BCUT2D eigenvalue weighted by Crippen LogP contribution is 2.25. The van der Waals surface area contributed by atoms with Crippen molar-refractivity contribution in [2.75, 3.05) is 26.7 Å². The van der Waals surface area contributed by atoms with E-state index in [0.717, 1.165) is 32.0 Å². The van der Waals surface area contributed by atoms with E-state index in [1.807, 2.05) is 0 Å². The highest BCUT2D eigenvalue weighted by atomic mass is 79.9. The van der Waals surface area contributed by atoms with E-state index in [-0.39, 0.29) is 0 Å². The summed E-state index contributed by atoms with van der Waals surface area (Å²) in [7, 11) is 2.22. The van der Waals surface area contributed by atoms with Gasteiger partial charge in [0, 0.05) is 17.1 Å². The summed E-state index contributed by atoms with van der Waals surface area (Å²) in [5.74, 6) is 0.727. The van der Waals surface area contributed by atoms with Crippen molar-refractivity contribution >= 4 is 15.9 Å². The predicted octanol–water partition coefficient (Wildman–Crippen LogP) is 4.47. The monoisotopic (exact) mass is 340 g/mol. The fraction of sp³-hybridized carbons (Fsp3) is 0.647. The smallest absolute Gasteiger partial charge is 0.0343 e. The van der Waals surface area contributed by atoms with Crippen molar-refractivity contribution in [2.24, 2.45) is 5.92 Å². The lowest BCUT2D eigenvalue weighted by molar-refractivity contribution is 0.276. The number of nitrogens with one attached hydrogen (secondary N) is 1. The highest BCUT2D eigenvalue weighted by Gasteiger charge is 2.14. The topological polar surface area (TPSA) is 15.3 Å². The molecule has 0 spiro atoms. The fourth-order valence-corrected chi connectivity index (χ4v) is 3.07. The van der Waals surface area contributed by atoms with E-state index in [2.05, 4.69) is 78.2 Å². The van der Waals surface area contributed by atoms with Crippen LogP contribution in [0, 0.1) is 5.92 Å². The number of benzene rings is 1. The van der Waals surface area contributed by atoms with Gasteiger partial charge in [-0.25, -0.2) is 0 Å². The van der Waals surface area contributed by atoms with Gasteiger partial charge in [0.15, 0.2) is 0 Å². The summed E-state index contributed by atoms with van der Waals surface area (Å²) in [6.07, 6.45) is 2.31. The normalized spacial score (nSPS) is 13.2. The van der Waals surface area contributed by atoms with Gasteiger partial charge in [-0.05, 0) is 50.5 Å². The quantitative estimate of drug-likeness (QED) is 0.713. The van der Waals surface area contributed by atoms with Gasteiger partial charge in [-0.3, -0.25) is 0 Å². The van der Waals surface area contributed by atoms with Gasteiger partial charge in [0.25, 0.3) is 0 Å². The first-order valence-corrected chi connectivity index (χ1v) is 8.50. The first-order chi connectivity index (χ1) is 9.54. The Kier molecular flexibility index (Phi) is 8.43. The minimum Gasteiger partial charge on any atom is -0.310 e. The maximum absolute atomic E-state index is 3.68. The van der Waals surface area contributed by atoms with Crippen LogP contribution in [0.4, 0.5) is 0 Å². The molecule has 0 saturated heterocycles. The Balaban J connectivity index is 2.63. The molecule has 1 unspecified atom stereocenters. The zero-order valence-electron chi connectivity index (χ0n) is 13.3. The van der Waals surface area contributed by atoms with Gasteiger partial charge < -0.3 is 10.2 Å². The molecule has 2 nitrogen and oxygen atoms in total. The van der Waals surface area contributed by atoms with E-state index >= 15 is 0 Å². The Labute approximate surface area is 133 Å². The Morgan fingerprint density at radius 3 is 2.55 bits per heavy atom. The number of hydrogen-bond acceptors (Lipinski definition) is 2. The van der Waals surface area contributed by atoms with Crippen molar-refractivity contribution in [1.82, 2.24) is 10.2 Å². The molecular formula is C17H29BrN2. The van der Waals surface area contributed by atoms with Gasteiger partial charge in [-0.15, -0.1) is 0 Å². The summed E-state index contributed by atoms with van der Waals surface area (Å²) in [5.41, 5.74) is 1.37. The lowest BCUT2D eigenvalue weighted by Crippen LogP contribution is -2.30. The van der Waals surface area contributed by atoms with Crippen molar-refractivity contribution in [1.29, 1.82) is 0 Å². The third-order valence-corrected chi connectivity index (χ3v) is 4.12. The standard InChI is InChI=1S/C17H29BrN2/c1-5-11-19-17(10-12-20(4)13-14(2)3)15-8-6-7-9-16(15)18/h6-9,14,17,19H,5,10-13H2,1-4H3. The predicted molar refractivity (Wildman–Crippen MR) is 92.1 cm³/mol. The maximum atomic E-state index is 3.68. The number of rotatable bonds is 9. The van der Waals surface area contributed by atoms with Crippen molar-refractivity contribution in [2.45, 2.75) is 39.7 Å². The van der Waals surface area contributed by atoms with Crippen LogP contribution in [0.15, 0.2) is 28.7 Å². The minimum atomic E-state index is 0.431. The Morgan fingerprint density at radius 2 is 1.95 bits per heavy atom. The van der Waals surface area contributed by atoms with Crippen LogP contribution >= 0.6 is 15.9 Å². The Bertz CT molecular complexity index is 379. The second-order valence-electron chi connectivity index (χ2n) is 5.97. The van der Waals surface area contributed by atoms with E-state index in [0.29, 0.717) is 6.04 Å². The van der Waals surface area contributed by atoms with Crippen LogP contribution in [0.1, 0.15) is 45.2 Å². The molecule has 0 aromatic heterocycles. The zero-order valence-corrected chi connectivity index (χ0v) is 14.9. The summed E-state index contributed by atoms with van der Waals surface area (Å²) in [6, 6.07) is 8.99. The van der Waals surface area contributed by atoms with Crippen molar-refractivity contribution in [3.63, 3.8) is 0 Å². The maximum Gasteiger partial charge on any atom is 0.0343 e. The van der Waals surface area contributed by atoms with Gasteiger partial charge >= 0.3 is 0 Å². The van der Waals surface area contributed by atoms with Crippen LogP contribution in [-0.2, 0) is 0 Å². The van der Waals surface area contributed by atoms with Crippen LogP contribution in [0.3, 0.4) is 0 Å². The van der Waals surface area contributed by atoms with E-state index in [1.54, 1.807) is 0 Å². The van der Waals surface area contributed by atoms with E-state index in [1.165, 1.54) is 16.5 Å². The summed E-state index contributed by atoms with van der Waals surface area (Å²) >= 11 is 3.68. The highest BCUT2D eigenvalue weighted by molar-refractivity contribution is 9.10. The SMILES string of the molecule is CCCNC(CCN(C)CC(C)C)c1ccccc1Br. The van der Waals surface area contributed by atoms with Crippen molar-refractivity contribution in [3.8, 4) is 0 Å². The molecule has 1 atom stereocenters. The molecule has 0 fully saturated rings. The summed E-state index contributed by atoms with van der Waals surface area (Å²) in [6.45, 7) is 10.1. The molecule has 0 bridgehead atoms. The second-order valence-corrected chi connectivity index (χ2v) is 6.83. The third kappa shape index (κ3) is 6.38.